The van der Waals surface area contributed by atoms with Gasteiger partial charge in [0.1, 0.15) is 5.82 Å². The van der Waals surface area contributed by atoms with Gasteiger partial charge < -0.3 is 10.6 Å². The second kappa shape index (κ2) is 8.38. The van der Waals surface area contributed by atoms with E-state index in [1.54, 1.807) is 12.1 Å². The number of aromatic nitrogens is 2. The summed E-state index contributed by atoms with van der Waals surface area (Å²) in [6, 6.07) is 18.7. The smallest absolute Gasteiger partial charge is 0.255 e. The summed E-state index contributed by atoms with van der Waals surface area (Å²) in [4.78, 5) is 25.5. The van der Waals surface area contributed by atoms with Gasteiger partial charge in [-0.2, -0.15) is 5.10 Å². The molecule has 2 amide bonds. The van der Waals surface area contributed by atoms with E-state index in [1.165, 1.54) is 36.9 Å². The number of carbonyl (C=O) groups excluding carboxylic acids is 2. The number of amides is 2. The first kappa shape index (κ1) is 19.7. The van der Waals surface area contributed by atoms with E-state index >= 15 is 0 Å². The van der Waals surface area contributed by atoms with Gasteiger partial charge in [0.05, 0.1) is 5.52 Å². The number of anilines is 2. The van der Waals surface area contributed by atoms with Crippen LogP contribution in [0, 0.1) is 5.82 Å². The van der Waals surface area contributed by atoms with E-state index in [0.29, 0.717) is 11.5 Å². The number of hydrogen-bond donors (Lipinski definition) is 3. The zero-order chi connectivity index (χ0) is 21.1. The van der Waals surface area contributed by atoms with Crippen molar-refractivity contribution in [2.75, 3.05) is 10.6 Å². The molecule has 0 fully saturated rings. The number of nitrogens with one attached hydrogen (secondary N) is 3. The highest BCUT2D eigenvalue weighted by atomic mass is 32.2. The Labute approximate surface area is 175 Å². The Morgan fingerprint density at radius 3 is 2.57 bits per heavy atom. The lowest BCUT2D eigenvalue weighted by Gasteiger charge is -2.08. The van der Waals surface area contributed by atoms with E-state index in [1.807, 2.05) is 36.4 Å². The summed E-state index contributed by atoms with van der Waals surface area (Å²) in [7, 11) is 0. The van der Waals surface area contributed by atoms with Gasteiger partial charge in [-0.05, 0) is 54.6 Å². The molecule has 4 aromatic rings. The molecule has 3 aromatic carbocycles. The highest BCUT2D eigenvalue weighted by Gasteiger charge is 2.10. The molecule has 6 nitrogen and oxygen atoms in total. The van der Waals surface area contributed by atoms with Crippen LogP contribution in [-0.2, 0) is 4.79 Å². The van der Waals surface area contributed by atoms with Crippen molar-refractivity contribution in [3.8, 4) is 0 Å². The Morgan fingerprint density at radius 1 is 0.967 bits per heavy atom. The van der Waals surface area contributed by atoms with Gasteiger partial charge in [0.2, 0.25) is 5.91 Å². The number of H-pyrrole nitrogens is 1. The van der Waals surface area contributed by atoms with E-state index in [-0.39, 0.29) is 17.4 Å². The topological polar surface area (TPSA) is 86.9 Å². The normalized spacial score (nSPS) is 10.7. The largest absolute Gasteiger partial charge is 0.322 e. The van der Waals surface area contributed by atoms with Crippen molar-refractivity contribution >= 4 is 46.0 Å². The summed E-state index contributed by atoms with van der Waals surface area (Å²) in [5.74, 6) is -0.515. The summed E-state index contributed by atoms with van der Waals surface area (Å²) < 4.78 is 13.3. The van der Waals surface area contributed by atoms with Gasteiger partial charge in [-0.25, -0.2) is 4.39 Å². The lowest BCUT2D eigenvalue weighted by molar-refractivity contribution is -0.114. The molecular weight excluding hydrogens is 403 g/mol. The van der Waals surface area contributed by atoms with Crippen molar-refractivity contribution in [1.82, 2.24) is 10.2 Å². The Morgan fingerprint density at radius 2 is 1.77 bits per heavy atom. The predicted octanol–water partition coefficient (Wildman–Crippen LogP) is 5.06. The first-order valence-electron chi connectivity index (χ1n) is 9.08. The van der Waals surface area contributed by atoms with Crippen molar-refractivity contribution in [1.29, 1.82) is 0 Å². The number of hydrogen-bond acceptors (Lipinski definition) is 4. The number of rotatable bonds is 5. The van der Waals surface area contributed by atoms with Gasteiger partial charge in [-0.1, -0.05) is 23.9 Å². The van der Waals surface area contributed by atoms with Crippen molar-refractivity contribution in [3.05, 3.63) is 78.1 Å². The average molecular weight is 420 g/mol. The minimum atomic E-state index is -0.456. The highest BCUT2D eigenvalue weighted by molar-refractivity contribution is 7.99. The minimum Gasteiger partial charge on any atom is -0.322 e. The first-order valence-corrected chi connectivity index (χ1v) is 9.90. The SMILES string of the molecule is CC(=O)Nc1n[nH]c2cc(Sc3cccc(NC(=O)c4cccc(F)c4)c3)ccc12. The summed E-state index contributed by atoms with van der Waals surface area (Å²) in [5.41, 5.74) is 1.68. The van der Waals surface area contributed by atoms with Crippen LogP contribution in [0.5, 0.6) is 0 Å². The molecule has 0 atom stereocenters. The zero-order valence-corrected chi connectivity index (χ0v) is 16.7. The van der Waals surface area contributed by atoms with Gasteiger partial charge in [-0.3, -0.25) is 14.7 Å². The summed E-state index contributed by atoms with van der Waals surface area (Å²) in [6.45, 7) is 1.44. The van der Waals surface area contributed by atoms with Crippen LogP contribution < -0.4 is 10.6 Å². The van der Waals surface area contributed by atoms with Gasteiger partial charge in [0, 0.05) is 33.4 Å². The number of aromatic amines is 1. The van der Waals surface area contributed by atoms with E-state index < -0.39 is 5.82 Å². The van der Waals surface area contributed by atoms with Crippen LogP contribution in [-0.4, -0.2) is 22.0 Å². The number of fused-ring (bicyclic) bond motifs is 1. The van der Waals surface area contributed by atoms with Crippen LogP contribution in [0.15, 0.2) is 76.5 Å². The fourth-order valence-corrected chi connectivity index (χ4v) is 3.85. The zero-order valence-electron chi connectivity index (χ0n) is 15.9. The summed E-state index contributed by atoms with van der Waals surface area (Å²) >= 11 is 1.52. The predicted molar refractivity (Wildman–Crippen MR) is 115 cm³/mol. The molecule has 0 saturated carbocycles. The van der Waals surface area contributed by atoms with E-state index in [4.69, 9.17) is 0 Å². The average Bonchev–Trinajstić information content (AvgIpc) is 3.09. The van der Waals surface area contributed by atoms with Crippen LogP contribution >= 0.6 is 11.8 Å². The molecule has 150 valence electrons. The molecule has 0 aliphatic heterocycles. The molecule has 3 N–H and O–H groups in total. The molecule has 4 rings (SSSR count). The third-order valence-electron chi connectivity index (χ3n) is 4.24. The molecule has 0 spiro atoms. The summed E-state index contributed by atoms with van der Waals surface area (Å²) in [6.07, 6.45) is 0. The number of nitrogens with zero attached hydrogens (tertiary/aromatic N) is 1. The third kappa shape index (κ3) is 4.49. The van der Waals surface area contributed by atoms with Gasteiger partial charge in [0.25, 0.3) is 5.91 Å². The van der Waals surface area contributed by atoms with E-state index in [0.717, 1.165) is 20.7 Å². The number of benzene rings is 3. The maximum Gasteiger partial charge on any atom is 0.255 e. The van der Waals surface area contributed by atoms with Gasteiger partial charge in [-0.15, -0.1) is 0 Å². The lowest BCUT2D eigenvalue weighted by Crippen LogP contribution is -2.11. The Hall–Kier alpha value is -3.65. The van der Waals surface area contributed by atoms with Crippen LogP contribution in [0.3, 0.4) is 0 Å². The molecule has 1 aromatic heterocycles. The highest BCUT2D eigenvalue weighted by Crippen LogP contribution is 2.32. The van der Waals surface area contributed by atoms with E-state index in [2.05, 4.69) is 20.8 Å². The molecule has 0 unspecified atom stereocenters. The van der Waals surface area contributed by atoms with E-state index in [9.17, 15) is 14.0 Å². The second-order valence-corrected chi connectivity index (χ2v) is 7.70. The van der Waals surface area contributed by atoms with Gasteiger partial charge in [0.15, 0.2) is 5.82 Å². The van der Waals surface area contributed by atoms with Crippen molar-refractivity contribution in [2.24, 2.45) is 0 Å². The molecule has 8 heteroatoms. The van der Waals surface area contributed by atoms with Crippen LogP contribution in [0.4, 0.5) is 15.9 Å². The maximum absolute atomic E-state index is 13.3. The second-order valence-electron chi connectivity index (χ2n) is 6.56. The lowest BCUT2D eigenvalue weighted by atomic mass is 10.2. The molecule has 30 heavy (non-hydrogen) atoms. The molecular formula is C22H17FN4O2S. The van der Waals surface area contributed by atoms with Crippen LogP contribution in [0.2, 0.25) is 0 Å². The fourth-order valence-electron chi connectivity index (χ4n) is 2.93. The Kier molecular flexibility index (Phi) is 5.49. The van der Waals surface area contributed by atoms with Crippen LogP contribution in [0.25, 0.3) is 10.9 Å². The molecule has 0 aliphatic carbocycles. The minimum absolute atomic E-state index is 0.182. The summed E-state index contributed by atoms with van der Waals surface area (Å²) in [5, 5.41) is 13.3. The molecule has 0 radical (unpaired) electrons. The first-order chi connectivity index (χ1) is 14.5. The Bertz CT molecular complexity index is 1250. The number of halogens is 1. The Balaban J connectivity index is 1.50. The van der Waals surface area contributed by atoms with Crippen LogP contribution in [0.1, 0.15) is 17.3 Å². The molecule has 0 aliphatic rings. The van der Waals surface area contributed by atoms with Gasteiger partial charge >= 0.3 is 0 Å². The monoisotopic (exact) mass is 420 g/mol. The van der Waals surface area contributed by atoms with Crippen molar-refractivity contribution in [3.63, 3.8) is 0 Å². The molecule has 0 saturated heterocycles. The number of carbonyl (C=O) groups is 2. The molecule has 1 heterocycles. The molecule has 0 bridgehead atoms. The quantitative estimate of drug-likeness (QED) is 0.421. The maximum atomic E-state index is 13.3. The third-order valence-corrected chi connectivity index (χ3v) is 5.22. The van der Waals surface area contributed by atoms with Crippen molar-refractivity contribution < 1.29 is 14.0 Å². The fraction of sp³-hybridized carbons (Fsp3) is 0.0455. The van der Waals surface area contributed by atoms with Crippen molar-refractivity contribution in [2.45, 2.75) is 16.7 Å². The standard InChI is InChI=1S/C22H17FN4O2S/c1-13(28)24-21-19-9-8-18(12-20(19)26-27-21)30-17-7-3-6-16(11-17)25-22(29)14-4-2-5-15(23)10-14/h2-12H,1H3,(H,25,29)(H2,24,26,27,28).